The first kappa shape index (κ1) is 12.5. The summed E-state index contributed by atoms with van der Waals surface area (Å²) in [7, 11) is -3.58. The van der Waals surface area contributed by atoms with Crippen LogP contribution in [0.2, 0.25) is 0 Å². The highest BCUT2D eigenvalue weighted by atomic mass is 32.2. The lowest BCUT2D eigenvalue weighted by molar-refractivity contribution is 0.601. The molecule has 18 heavy (non-hydrogen) atoms. The van der Waals surface area contributed by atoms with Crippen molar-refractivity contribution in [1.29, 1.82) is 0 Å². The molecule has 6 heteroatoms. The highest BCUT2D eigenvalue weighted by molar-refractivity contribution is 7.92. The molecule has 0 aliphatic carbocycles. The molecule has 94 valence electrons. The van der Waals surface area contributed by atoms with Gasteiger partial charge in [-0.3, -0.25) is 9.71 Å². The Labute approximate surface area is 106 Å². The first-order valence-electron chi connectivity index (χ1n) is 5.34. The van der Waals surface area contributed by atoms with E-state index in [0.29, 0.717) is 12.2 Å². The molecule has 2 aromatic rings. The normalized spacial score (nSPS) is 11.2. The fourth-order valence-electron chi connectivity index (χ4n) is 1.47. The molecule has 0 aliphatic heterocycles. The Morgan fingerprint density at radius 3 is 2.56 bits per heavy atom. The molecule has 5 nitrogen and oxygen atoms in total. The molecule has 0 saturated heterocycles. The molecular formula is C12H13N3O2S. The molecule has 1 aromatic carbocycles. The number of aromatic nitrogens is 1. The van der Waals surface area contributed by atoms with Crippen LogP contribution in [0.4, 0.5) is 5.69 Å². The van der Waals surface area contributed by atoms with E-state index in [1.807, 2.05) is 0 Å². The van der Waals surface area contributed by atoms with Gasteiger partial charge in [-0.1, -0.05) is 12.1 Å². The molecule has 3 N–H and O–H groups in total. The van der Waals surface area contributed by atoms with Crippen LogP contribution >= 0.6 is 0 Å². The number of rotatable bonds is 4. The quantitative estimate of drug-likeness (QED) is 0.871. The summed E-state index contributed by atoms with van der Waals surface area (Å²) in [6.45, 7) is 0.304. The van der Waals surface area contributed by atoms with Gasteiger partial charge in [-0.25, -0.2) is 8.42 Å². The molecule has 0 atom stereocenters. The topological polar surface area (TPSA) is 85.1 Å². The Morgan fingerprint density at radius 2 is 1.89 bits per heavy atom. The highest BCUT2D eigenvalue weighted by Gasteiger charge is 2.14. The molecule has 0 amide bonds. The Morgan fingerprint density at radius 1 is 1.17 bits per heavy atom. The zero-order valence-electron chi connectivity index (χ0n) is 9.58. The standard InChI is InChI=1S/C12H13N3O2S/c13-9-10-2-1-3-12(8-10)18(16,17)15-11-4-6-14-7-5-11/h1-8H,9,13H2,(H,14,15). The lowest BCUT2D eigenvalue weighted by Crippen LogP contribution is -2.13. The highest BCUT2D eigenvalue weighted by Crippen LogP contribution is 2.16. The lowest BCUT2D eigenvalue weighted by Gasteiger charge is -2.08. The number of nitrogens with two attached hydrogens (primary N) is 1. The summed E-state index contributed by atoms with van der Waals surface area (Å²) < 4.78 is 26.7. The SMILES string of the molecule is NCc1cccc(S(=O)(=O)Nc2ccncc2)c1. The summed E-state index contributed by atoms with van der Waals surface area (Å²) in [5.41, 5.74) is 6.74. The number of anilines is 1. The number of benzene rings is 1. The predicted octanol–water partition coefficient (Wildman–Crippen LogP) is 1.34. The lowest BCUT2D eigenvalue weighted by atomic mass is 10.2. The number of sulfonamides is 1. The Balaban J connectivity index is 2.31. The average Bonchev–Trinajstić information content (AvgIpc) is 2.39. The van der Waals surface area contributed by atoms with E-state index in [1.165, 1.54) is 18.5 Å². The first-order valence-corrected chi connectivity index (χ1v) is 6.82. The smallest absolute Gasteiger partial charge is 0.261 e. The average molecular weight is 263 g/mol. The fraction of sp³-hybridized carbons (Fsp3) is 0.0833. The van der Waals surface area contributed by atoms with E-state index in [-0.39, 0.29) is 4.90 Å². The number of nitrogens with one attached hydrogen (secondary N) is 1. The molecule has 1 aromatic heterocycles. The summed E-state index contributed by atoms with van der Waals surface area (Å²) in [5.74, 6) is 0. The van der Waals surface area contributed by atoms with E-state index < -0.39 is 10.0 Å². The third-order valence-corrected chi connectivity index (χ3v) is 3.76. The van der Waals surface area contributed by atoms with Crippen molar-refractivity contribution in [2.24, 2.45) is 5.73 Å². The molecule has 0 aliphatic rings. The van der Waals surface area contributed by atoms with Gasteiger partial charge in [-0.15, -0.1) is 0 Å². The second-order valence-electron chi connectivity index (χ2n) is 3.69. The van der Waals surface area contributed by atoms with Crippen LogP contribution in [0.25, 0.3) is 0 Å². The van der Waals surface area contributed by atoms with E-state index in [9.17, 15) is 8.42 Å². The molecule has 0 unspecified atom stereocenters. The van der Waals surface area contributed by atoms with Crippen molar-refractivity contribution in [1.82, 2.24) is 4.98 Å². The van der Waals surface area contributed by atoms with Crippen LogP contribution in [0, 0.1) is 0 Å². The Bertz CT molecular complexity index is 627. The van der Waals surface area contributed by atoms with E-state index >= 15 is 0 Å². The van der Waals surface area contributed by atoms with Gasteiger partial charge in [-0.2, -0.15) is 0 Å². The van der Waals surface area contributed by atoms with Crippen molar-refractivity contribution in [2.45, 2.75) is 11.4 Å². The van der Waals surface area contributed by atoms with Gasteiger partial charge >= 0.3 is 0 Å². The van der Waals surface area contributed by atoms with Crippen LogP contribution in [0.5, 0.6) is 0 Å². The van der Waals surface area contributed by atoms with Gasteiger partial charge in [0.05, 0.1) is 10.6 Å². The second-order valence-corrected chi connectivity index (χ2v) is 5.38. The Kier molecular flexibility index (Phi) is 3.59. The summed E-state index contributed by atoms with van der Waals surface area (Å²) in [6.07, 6.45) is 3.04. The summed E-state index contributed by atoms with van der Waals surface area (Å²) in [4.78, 5) is 4.02. The van der Waals surface area contributed by atoms with Crippen molar-refractivity contribution in [2.75, 3.05) is 4.72 Å². The first-order chi connectivity index (χ1) is 8.62. The predicted molar refractivity (Wildman–Crippen MR) is 69.4 cm³/mol. The van der Waals surface area contributed by atoms with Crippen molar-refractivity contribution >= 4 is 15.7 Å². The minimum Gasteiger partial charge on any atom is -0.326 e. The maximum absolute atomic E-state index is 12.1. The fourth-order valence-corrected chi connectivity index (χ4v) is 2.60. The van der Waals surface area contributed by atoms with Gasteiger partial charge < -0.3 is 5.73 Å². The third-order valence-electron chi connectivity index (χ3n) is 2.38. The van der Waals surface area contributed by atoms with Crippen LogP contribution in [0.3, 0.4) is 0 Å². The van der Waals surface area contributed by atoms with Gasteiger partial charge in [-0.05, 0) is 29.8 Å². The van der Waals surface area contributed by atoms with Gasteiger partial charge in [0.1, 0.15) is 0 Å². The second kappa shape index (κ2) is 5.16. The van der Waals surface area contributed by atoms with Gasteiger partial charge in [0.25, 0.3) is 10.0 Å². The van der Waals surface area contributed by atoms with Crippen LogP contribution in [0.15, 0.2) is 53.7 Å². The maximum atomic E-state index is 12.1. The van der Waals surface area contributed by atoms with Gasteiger partial charge in [0.15, 0.2) is 0 Å². The molecule has 0 saturated carbocycles. The van der Waals surface area contributed by atoms with Gasteiger partial charge in [0, 0.05) is 18.9 Å². The zero-order valence-corrected chi connectivity index (χ0v) is 10.4. The maximum Gasteiger partial charge on any atom is 0.261 e. The van der Waals surface area contributed by atoms with Gasteiger partial charge in [0.2, 0.25) is 0 Å². The van der Waals surface area contributed by atoms with Crippen LogP contribution < -0.4 is 10.5 Å². The monoisotopic (exact) mass is 263 g/mol. The number of pyridine rings is 1. The zero-order chi connectivity index (χ0) is 13.0. The largest absolute Gasteiger partial charge is 0.326 e. The number of hydrogen-bond acceptors (Lipinski definition) is 4. The van der Waals surface area contributed by atoms with Crippen LogP contribution in [-0.2, 0) is 16.6 Å². The molecule has 1 heterocycles. The van der Waals surface area contributed by atoms with Crippen molar-refractivity contribution < 1.29 is 8.42 Å². The minimum absolute atomic E-state index is 0.197. The summed E-state index contributed by atoms with van der Waals surface area (Å²) in [6, 6.07) is 9.72. The van der Waals surface area contributed by atoms with E-state index in [0.717, 1.165) is 5.56 Å². The molecular weight excluding hydrogens is 250 g/mol. The van der Waals surface area contributed by atoms with Crippen molar-refractivity contribution in [3.63, 3.8) is 0 Å². The molecule has 0 spiro atoms. The summed E-state index contributed by atoms with van der Waals surface area (Å²) >= 11 is 0. The van der Waals surface area contributed by atoms with Crippen molar-refractivity contribution in [3.8, 4) is 0 Å². The molecule has 0 radical (unpaired) electrons. The van der Waals surface area contributed by atoms with E-state index in [1.54, 1.807) is 30.3 Å². The minimum atomic E-state index is -3.58. The molecule has 2 rings (SSSR count). The van der Waals surface area contributed by atoms with Crippen molar-refractivity contribution in [3.05, 3.63) is 54.4 Å². The third kappa shape index (κ3) is 2.85. The molecule has 0 bridgehead atoms. The van der Waals surface area contributed by atoms with Crippen LogP contribution in [-0.4, -0.2) is 13.4 Å². The Hall–Kier alpha value is -1.92. The van der Waals surface area contributed by atoms with E-state index in [4.69, 9.17) is 5.73 Å². The number of hydrogen-bond donors (Lipinski definition) is 2. The van der Waals surface area contributed by atoms with Crippen LogP contribution in [0.1, 0.15) is 5.56 Å². The summed E-state index contributed by atoms with van der Waals surface area (Å²) in [5, 5.41) is 0. The number of nitrogens with zero attached hydrogens (tertiary/aromatic N) is 1. The molecule has 0 fully saturated rings. The van der Waals surface area contributed by atoms with E-state index in [2.05, 4.69) is 9.71 Å².